The van der Waals surface area contributed by atoms with Crippen molar-refractivity contribution in [2.45, 2.75) is 13.3 Å². The Labute approximate surface area is 145 Å². The predicted octanol–water partition coefficient (Wildman–Crippen LogP) is 4.40. The van der Waals surface area contributed by atoms with Gasteiger partial charge in [0.2, 0.25) is 0 Å². The lowest BCUT2D eigenvalue weighted by atomic mass is 10.0. The van der Waals surface area contributed by atoms with Crippen LogP contribution in [-0.4, -0.2) is 29.8 Å². The zero-order chi connectivity index (χ0) is 17.8. The van der Waals surface area contributed by atoms with E-state index in [0.29, 0.717) is 29.0 Å². The minimum atomic E-state index is -1.000. The molecule has 0 atom stereocenters. The Bertz CT molecular complexity index is 921. The summed E-state index contributed by atoms with van der Waals surface area (Å²) < 4.78 is 11.0. The van der Waals surface area contributed by atoms with Gasteiger partial charge in [0.25, 0.3) is 0 Å². The first-order valence-corrected chi connectivity index (χ1v) is 8.08. The van der Waals surface area contributed by atoms with E-state index in [1.165, 1.54) is 0 Å². The lowest BCUT2D eigenvalue weighted by Crippen LogP contribution is -2.01. The number of methoxy groups -OCH3 is 1. The SMILES string of the molecule is CCCOc1cccc(-c2cc(C(=O)O)c3cccc(OC)c3n2)c1. The molecule has 0 bridgehead atoms. The van der Waals surface area contributed by atoms with Gasteiger partial charge in [-0.2, -0.15) is 0 Å². The van der Waals surface area contributed by atoms with Crippen molar-refractivity contribution < 1.29 is 19.4 Å². The minimum absolute atomic E-state index is 0.193. The summed E-state index contributed by atoms with van der Waals surface area (Å²) in [5.41, 5.74) is 2.08. The molecule has 1 N–H and O–H groups in total. The normalized spacial score (nSPS) is 10.6. The molecule has 0 fully saturated rings. The maximum Gasteiger partial charge on any atom is 0.336 e. The van der Waals surface area contributed by atoms with Crippen molar-refractivity contribution >= 4 is 16.9 Å². The molecule has 0 aliphatic heterocycles. The number of aromatic carboxylic acids is 1. The number of para-hydroxylation sites is 1. The molecule has 0 aliphatic rings. The summed E-state index contributed by atoms with van der Waals surface area (Å²) in [6, 6.07) is 14.3. The van der Waals surface area contributed by atoms with E-state index in [2.05, 4.69) is 4.98 Å². The number of hydrogen-bond acceptors (Lipinski definition) is 4. The van der Waals surface area contributed by atoms with Crippen LogP contribution in [0.4, 0.5) is 0 Å². The molecule has 0 amide bonds. The molecule has 0 spiro atoms. The molecule has 3 aromatic rings. The third-order valence-corrected chi connectivity index (χ3v) is 3.86. The summed E-state index contributed by atoms with van der Waals surface area (Å²) in [6.45, 7) is 2.67. The number of carbonyl (C=O) groups is 1. The number of nitrogens with zero attached hydrogens (tertiary/aromatic N) is 1. The number of aromatic nitrogens is 1. The van der Waals surface area contributed by atoms with Crippen molar-refractivity contribution in [1.82, 2.24) is 4.98 Å². The second kappa shape index (κ2) is 7.21. The van der Waals surface area contributed by atoms with E-state index in [-0.39, 0.29) is 5.56 Å². The number of fused-ring (bicyclic) bond motifs is 1. The van der Waals surface area contributed by atoms with Crippen molar-refractivity contribution in [3.63, 3.8) is 0 Å². The molecule has 5 heteroatoms. The summed E-state index contributed by atoms with van der Waals surface area (Å²) in [6.07, 6.45) is 0.915. The molecular weight excluding hydrogens is 318 g/mol. The van der Waals surface area contributed by atoms with Gasteiger partial charge >= 0.3 is 5.97 Å². The lowest BCUT2D eigenvalue weighted by Gasteiger charge is -2.11. The maximum absolute atomic E-state index is 11.7. The quantitative estimate of drug-likeness (QED) is 0.722. The average molecular weight is 337 g/mol. The number of carboxylic acid groups (broad SMARTS) is 1. The molecule has 1 aromatic heterocycles. The second-order valence-corrected chi connectivity index (χ2v) is 5.59. The standard InChI is InChI=1S/C20H19NO4/c1-3-10-25-14-7-4-6-13(11-14)17-12-16(20(22)23)15-8-5-9-18(24-2)19(15)21-17/h4-9,11-12H,3,10H2,1-2H3,(H,22,23). The number of benzene rings is 2. The van der Waals surface area contributed by atoms with Crippen LogP contribution in [0.3, 0.4) is 0 Å². The van der Waals surface area contributed by atoms with Crippen LogP contribution in [-0.2, 0) is 0 Å². The van der Waals surface area contributed by atoms with E-state index in [9.17, 15) is 9.90 Å². The van der Waals surface area contributed by atoms with Gasteiger partial charge in [-0.25, -0.2) is 9.78 Å². The van der Waals surface area contributed by atoms with E-state index in [1.54, 1.807) is 31.4 Å². The number of rotatable bonds is 6. The van der Waals surface area contributed by atoms with Gasteiger partial charge in [0.15, 0.2) is 0 Å². The van der Waals surface area contributed by atoms with Crippen molar-refractivity contribution in [3.05, 3.63) is 54.1 Å². The van der Waals surface area contributed by atoms with Crippen LogP contribution in [0.15, 0.2) is 48.5 Å². The third kappa shape index (κ3) is 3.40. The number of hydrogen-bond donors (Lipinski definition) is 1. The average Bonchev–Trinajstić information content (AvgIpc) is 2.65. The molecule has 1 heterocycles. The van der Waals surface area contributed by atoms with Gasteiger partial charge in [0.05, 0.1) is 25.0 Å². The van der Waals surface area contributed by atoms with Crippen molar-refractivity contribution in [1.29, 1.82) is 0 Å². The van der Waals surface area contributed by atoms with Crippen LogP contribution in [0.2, 0.25) is 0 Å². The van der Waals surface area contributed by atoms with E-state index < -0.39 is 5.97 Å². The Morgan fingerprint density at radius 3 is 2.68 bits per heavy atom. The molecule has 0 radical (unpaired) electrons. The molecule has 0 saturated carbocycles. The highest BCUT2D eigenvalue weighted by Gasteiger charge is 2.15. The van der Waals surface area contributed by atoms with Crippen molar-refractivity contribution in [2.75, 3.05) is 13.7 Å². The van der Waals surface area contributed by atoms with Crippen molar-refractivity contribution in [3.8, 4) is 22.8 Å². The van der Waals surface area contributed by atoms with Gasteiger partial charge in [-0.3, -0.25) is 0 Å². The van der Waals surface area contributed by atoms with E-state index >= 15 is 0 Å². The fourth-order valence-electron chi connectivity index (χ4n) is 2.68. The summed E-state index contributed by atoms with van der Waals surface area (Å²) in [4.78, 5) is 16.3. The summed E-state index contributed by atoms with van der Waals surface area (Å²) >= 11 is 0. The fraction of sp³-hybridized carbons (Fsp3) is 0.200. The van der Waals surface area contributed by atoms with Crippen LogP contribution in [0.5, 0.6) is 11.5 Å². The molecule has 5 nitrogen and oxygen atoms in total. The van der Waals surface area contributed by atoms with E-state index in [4.69, 9.17) is 9.47 Å². The smallest absolute Gasteiger partial charge is 0.336 e. The van der Waals surface area contributed by atoms with Gasteiger partial charge in [-0.05, 0) is 30.7 Å². The molecule has 0 saturated heterocycles. The highest BCUT2D eigenvalue weighted by molar-refractivity contribution is 6.05. The molecule has 128 valence electrons. The van der Waals surface area contributed by atoms with E-state index in [1.807, 2.05) is 31.2 Å². The Morgan fingerprint density at radius 1 is 1.16 bits per heavy atom. The van der Waals surface area contributed by atoms with Crippen LogP contribution >= 0.6 is 0 Å². The fourth-order valence-corrected chi connectivity index (χ4v) is 2.68. The highest BCUT2D eigenvalue weighted by Crippen LogP contribution is 2.31. The lowest BCUT2D eigenvalue weighted by molar-refractivity contribution is 0.0699. The van der Waals surface area contributed by atoms with Crippen molar-refractivity contribution in [2.24, 2.45) is 0 Å². The number of pyridine rings is 1. The van der Waals surface area contributed by atoms with Crippen LogP contribution in [0.25, 0.3) is 22.2 Å². The van der Waals surface area contributed by atoms with Gasteiger partial charge in [-0.15, -0.1) is 0 Å². The first kappa shape index (κ1) is 16.8. The summed E-state index contributed by atoms with van der Waals surface area (Å²) in [5.74, 6) is 0.277. The van der Waals surface area contributed by atoms with Gasteiger partial charge in [0, 0.05) is 10.9 Å². The Balaban J connectivity index is 2.18. The van der Waals surface area contributed by atoms with E-state index in [0.717, 1.165) is 17.7 Å². The number of ether oxygens (including phenoxy) is 2. The second-order valence-electron chi connectivity index (χ2n) is 5.59. The third-order valence-electron chi connectivity index (χ3n) is 3.86. The van der Waals surface area contributed by atoms with Gasteiger partial charge in [-0.1, -0.05) is 31.2 Å². The van der Waals surface area contributed by atoms with Crippen LogP contribution in [0, 0.1) is 0 Å². The van der Waals surface area contributed by atoms with Gasteiger partial charge in [0.1, 0.15) is 17.0 Å². The molecule has 2 aromatic carbocycles. The molecule has 25 heavy (non-hydrogen) atoms. The summed E-state index contributed by atoms with van der Waals surface area (Å²) in [5, 5.41) is 10.1. The molecular formula is C20H19NO4. The molecule has 0 aliphatic carbocycles. The highest BCUT2D eigenvalue weighted by atomic mass is 16.5. The molecule has 0 unspecified atom stereocenters. The first-order valence-electron chi connectivity index (χ1n) is 8.08. The Hall–Kier alpha value is -3.08. The van der Waals surface area contributed by atoms with Gasteiger partial charge < -0.3 is 14.6 Å². The zero-order valence-corrected chi connectivity index (χ0v) is 14.2. The minimum Gasteiger partial charge on any atom is -0.494 e. The first-order chi connectivity index (χ1) is 12.1. The topological polar surface area (TPSA) is 68.7 Å². The monoisotopic (exact) mass is 337 g/mol. The maximum atomic E-state index is 11.7. The largest absolute Gasteiger partial charge is 0.494 e. The molecule has 3 rings (SSSR count). The summed E-state index contributed by atoms with van der Waals surface area (Å²) in [7, 11) is 1.54. The predicted molar refractivity (Wildman–Crippen MR) is 96.5 cm³/mol. The van der Waals surface area contributed by atoms with Crippen LogP contribution in [0.1, 0.15) is 23.7 Å². The Kier molecular flexibility index (Phi) is 4.84. The Morgan fingerprint density at radius 2 is 1.96 bits per heavy atom. The van der Waals surface area contributed by atoms with Crippen LogP contribution < -0.4 is 9.47 Å². The number of carboxylic acids is 1. The zero-order valence-electron chi connectivity index (χ0n) is 14.2.